The highest BCUT2D eigenvalue weighted by Gasteiger charge is 2.12. The lowest BCUT2D eigenvalue weighted by molar-refractivity contribution is 0.701. The molecule has 2 rings (SSSR count). The molecule has 1 atom stereocenters. The van der Waals surface area contributed by atoms with Crippen LogP contribution in [0.1, 0.15) is 16.4 Å². The summed E-state index contributed by atoms with van der Waals surface area (Å²) in [5.74, 6) is 0.295. The predicted molar refractivity (Wildman–Crippen MR) is 76.3 cm³/mol. The molecule has 0 radical (unpaired) electrons. The van der Waals surface area contributed by atoms with Gasteiger partial charge in [0.1, 0.15) is 0 Å². The first kappa shape index (κ1) is 12.9. The Balaban J connectivity index is 2.16. The fraction of sp³-hybridized carbons (Fsp3) is 0.231. The Kier molecular flexibility index (Phi) is 4.46. The number of thiophene rings is 1. The lowest BCUT2D eigenvalue weighted by atomic mass is 9.95. The van der Waals surface area contributed by atoms with Crippen molar-refractivity contribution in [2.75, 3.05) is 6.54 Å². The molecule has 0 aliphatic heterocycles. The van der Waals surface area contributed by atoms with E-state index in [2.05, 4.69) is 12.1 Å². The second-order valence-electron chi connectivity index (χ2n) is 3.90. The summed E-state index contributed by atoms with van der Waals surface area (Å²) in [6.45, 7) is 0.607. The van der Waals surface area contributed by atoms with Gasteiger partial charge in [0.05, 0.1) is 4.34 Å². The summed E-state index contributed by atoms with van der Waals surface area (Å²) in [4.78, 5) is 1.26. The normalized spacial score (nSPS) is 12.6. The second-order valence-corrected chi connectivity index (χ2v) is 6.13. The molecule has 2 N–H and O–H groups in total. The van der Waals surface area contributed by atoms with Crippen LogP contribution in [0.15, 0.2) is 36.4 Å². The second kappa shape index (κ2) is 5.87. The highest BCUT2D eigenvalue weighted by atomic mass is 35.5. The lowest BCUT2D eigenvalue weighted by Gasteiger charge is -2.14. The van der Waals surface area contributed by atoms with E-state index in [-0.39, 0.29) is 0 Å². The highest BCUT2D eigenvalue weighted by molar-refractivity contribution is 7.16. The lowest BCUT2D eigenvalue weighted by Crippen LogP contribution is -2.14. The molecule has 4 heteroatoms. The van der Waals surface area contributed by atoms with E-state index in [1.165, 1.54) is 10.4 Å². The Morgan fingerprint density at radius 3 is 2.59 bits per heavy atom. The molecule has 1 aromatic carbocycles. The van der Waals surface area contributed by atoms with E-state index in [0.29, 0.717) is 12.5 Å². The van der Waals surface area contributed by atoms with Crippen molar-refractivity contribution in [3.8, 4) is 0 Å². The summed E-state index contributed by atoms with van der Waals surface area (Å²) in [6, 6.07) is 11.9. The largest absolute Gasteiger partial charge is 0.330 e. The van der Waals surface area contributed by atoms with Crippen LogP contribution in [0.2, 0.25) is 9.36 Å². The molecule has 1 heterocycles. The number of hydrogen-bond acceptors (Lipinski definition) is 2. The zero-order valence-electron chi connectivity index (χ0n) is 9.20. The highest BCUT2D eigenvalue weighted by Crippen LogP contribution is 2.28. The third-order valence-corrected chi connectivity index (χ3v) is 4.17. The molecule has 0 spiro atoms. The topological polar surface area (TPSA) is 26.0 Å². The van der Waals surface area contributed by atoms with Crippen LogP contribution in [-0.2, 0) is 6.42 Å². The Hall–Kier alpha value is -0.540. The molecular formula is C13H13Cl2NS. The average molecular weight is 286 g/mol. The van der Waals surface area contributed by atoms with E-state index >= 15 is 0 Å². The third-order valence-electron chi connectivity index (χ3n) is 2.68. The van der Waals surface area contributed by atoms with Gasteiger partial charge in [-0.25, -0.2) is 0 Å². The summed E-state index contributed by atoms with van der Waals surface area (Å²) < 4.78 is 0.821. The van der Waals surface area contributed by atoms with Gasteiger partial charge in [-0.2, -0.15) is 0 Å². The zero-order valence-corrected chi connectivity index (χ0v) is 11.5. The van der Waals surface area contributed by atoms with Gasteiger partial charge >= 0.3 is 0 Å². The molecule has 2 aromatic rings. The van der Waals surface area contributed by atoms with Crippen molar-refractivity contribution in [2.24, 2.45) is 5.73 Å². The third kappa shape index (κ3) is 3.46. The van der Waals surface area contributed by atoms with Gasteiger partial charge in [-0.05, 0) is 42.8 Å². The van der Waals surface area contributed by atoms with Gasteiger partial charge in [0.15, 0.2) is 0 Å². The van der Waals surface area contributed by atoms with E-state index in [0.717, 1.165) is 15.8 Å². The monoisotopic (exact) mass is 285 g/mol. The summed E-state index contributed by atoms with van der Waals surface area (Å²) >= 11 is 13.5. The molecule has 17 heavy (non-hydrogen) atoms. The Morgan fingerprint density at radius 1 is 1.18 bits per heavy atom. The van der Waals surface area contributed by atoms with Gasteiger partial charge in [-0.15, -0.1) is 11.3 Å². The zero-order chi connectivity index (χ0) is 12.3. The fourth-order valence-electron chi connectivity index (χ4n) is 1.80. The number of benzene rings is 1. The smallest absolute Gasteiger partial charge is 0.0931 e. The average Bonchev–Trinajstić information content (AvgIpc) is 2.72. The summed E-state index contributed by atoms with van der Waals surface area (Å²) in [5.41, 5.74) is 7.02. The van der Waals surface area contributed by atoms with Crippen LogP contribution < -0.4 is 5.73 Å². The number of rotatable bonds is 4. The maximum Gasteiger partial charge on any atom is 0.0931 e. The molecule has 1 aromatic heterocycles. The molecule has 0 saturated carbocycles. The van der Waals surface area contributed by atoms with Crippen molar-refractivity contribution in [3.05, 3.63) is 56.2 Å². The summed E-state index contributed by atoms with van der Waals surface area (Å²) in [5, 5.41) is 0.755. The molecule has 0 saturated heterocycles. The first-order valence-electron chi connectivity index (χ1n) is 5.39. The molecule has 0 aliphatic carbocycles. The Morgan fingerprint density at radius 2 is 2.00 bits per heavy atom. The fourth-order valence-corrected chi connectivity index (χ4v) is 3.17. The first-order chi connectivity index (χ1) is 8.19. The molecule has 1 nitrogen and oxygen atoms in total. The van der Waals surface area contributed by atoms with Crippen molar-refractivity contribution >= 4 is 34.5 Å². The summed E-state index contributed by atoms with van der Waals surface area (Å²) in [6.07, 6.45) is 0.911. The molecule has 0 aliphatic rings. The number of nitrogens with two attached hydrogens (primary N) is 1. The standard InChI is InChI=1S/C13H13Cl2NS/c14-11-3-1-2-9(6-11)10(8-16)7-12-4-5-13(15)17-12/h1-6,10H,7-8,16H2. The SMILES string of the molecule is NCC(Cc1ccc(Cl)s1)c1cccc(Cl)c1. The van der Waals surface area contributed by atoms with Gasteiger partial charge in [-0.3, -0.25) is 0 Å². The minimum atomic E-state index is 0.295. The van der Waals surface area contributed by atoms with Gasteiger partial charge in [0.2, 0.25) is 0 Å². The van der Waals surface area contributed by atoms with E-state index in [1.54, 1.807) is 11.3 Å². The van der Waals surface area contributed by atoms with Gasteiger partial charge in [-0.1, -0.05) is 35.3 Å². The number of hydrogen-bond donors (Lipinski definition) is 1. The van der Waals surface area contributed by atoms with E-state index in [1.807, 2.05) is 24.3 Å². The minimum absolute atomic E-state index is 0.295. The van der Waals surface area contributed by atoms with Crippen LogP contribution >= 0.6 is 34.5 Å². The Bertz CT molecular complexity index is 496. The maximum absolute atomic E-state index is 5.99. The van der Waals surface area contributed by atoms with E-state index in [9.17, 15) is 0 Å². The molecule has 1 unspecified atom stereocenters. The van der Waals surface area contributed by atoms with Crippen molar-refractivity contribution in [3.63, 3.8) is 0 Å². The van der Waals surface area contributed by atoms with Crippen LogP contribution in [0, 0.1) is 0 Å². The first-order valence-corrected chi connectivity index (χ1v) is 6.96. The van der Waals surface area contributed by atoms with E-state index < -0.39 is 0 Å². The van der Waals surface area contributed by atoms with Crippen molar-refractivity contribution in [1.29, 1.82) is 0 Å². The van der Waals surface area contributed by atoms with Gasteiger partial charge in [0, 0.05) is 15.8 Å². The minimum Gasteiger partial charge on any atom is -0.330 e. The quantitative estimate of drug-likeness (QED) is 0.889. The maximum atomic E-state index is 5.99. The summed E-state index contributed by atoms with van der Waals surface area (Å²) in [7, 11) is 0. The van der Waals surface area contributed by atoms with Crippen LogP contribution in [0.3, 0.4) is 0 Å². The van der Waals surface area contributed by atoms with Crippen LogP contribution in [-0.4, -0.2) is 6.54 Å². The van der Waals surface area contributed by atoms with Crippen molar-refractivity contribution < 1.29 is 0 Å². The molecular weight excluding hydrogens is 273 g/mol. The van der Waals surface area contributed by atoms with Crippen LogP contribution in [0.4, 0.5) is 0 Å². The van der Waals surface area contributed by atoms with Gasteiger partial charge in [0.25, 0.3) is 0 Å². The number of halogens is 2. The van der Waals surface area contributed by atoms with Crippen molar-refractivity contribution in [1.82, 2.24) is 0 Å². The molecule has 0 fully saturated rings. The van der Waals surface area contributed by atoms with Gasteiger partial charge < -0.3 is 5.73 Å². The predicted octanol–water partition coefficient (Wildman–Crippen LogP) is 4.34. The van der Waals surface area contributed by atoms with Crippen molar-refractivity contribution in [2.45, 2.75) is 12.3 Å². The Labute approximate surface area is 115 Å². The molecule has 0 bridgehead atoms. The van der Waals surface area contributed by atoms with E-state index in [4.69, 9.17) is 28.9 Å². The molecule has 0 amide bonds. The van der Waals surface area contributed by atoms with Crippen LogP contribution in [0.25, 0.3) is 0 Å². The van der Waals surface area contributed by atoms with Crippen LogP contribution in [0.5, 0.6) is 0 Å². The molecule has 90 valence electrons.